The number of hydrogen-bond acceptors (Lipinski definition) is 3. The molecule has 0 aliphatic carbocycles. The molecule has 7 heteroatoms. The molecule has 0 spiro atoms. The number of rotatable bonds is 4. The Morgan fingerprint density at radius 2 is 1.94 bits per heavy atom. The molecule has 1 heterocycles. The van der Waals surface area contributed by atoms with Crippen LogP contribution < -0.4 is 5.73 Å². The molecule has 0 aromatic rings. The Balaban J connectivity index is 2.51. The van der Waals surface area contributed by atoms with Gasteiger partial charge in [-0.3, -0.25) is 0 Å². The van der Waals surface area contributed by atoms with Crippen molar-refractivity contribution in [2.45, 2.75) is 32.0 Å². The van der Waals surface area contributed by atoms with E-state index in [-0.39, 0.29) is 12.5 Å². The van der Waals surface area contributed by atoms with Gasteiger partial charge in [-0.15, -0.1) is 0 Å². The maximum Gasteiger partial charge on any atom is 0.399 e. The SMILES string of the molecule is CC(O)C1CCN(CC(C(N)=S)C(F)(F)F)CC1. The Labute approximate surface area is 110 Å². The van der Waals surface area contributed by atoms with Crippen LogP contribution in [0.25, 0.3) is 0 Å². The van der Waals surface area contributed by atoms with E-state index < -0.39 is 23.2 Å². The van der Waals surface area contributed by atoms with Crippen molar-refractivity contribution < 1.29 is 18.3 Å². The standard InChI is InChI=1S/C11H19F3N2OS/c1-7(17)8-2-4-16(5-3-8)6-9(10(15)18)11(12,13)14/h7-9,17H,2-6H2,1H3,(H2,15,18). The molecule has 1 saturated heterocycles. The van der Waals surface area contributed by atoms with E-state index in [0.29, 0.717) is 25.9 Å². The molecule has 0 saturated carbocycles. The van der Waals surface area contributed by atoms with Crippen molar-refractivity contribution in [1.29, 1.82) is 0 Å². The second-order valence-corrected chi connectivity index (χ2v) is 5.35. The Bertz CT molecular complexity index is 289. The summed E-state index contributed by atoms with van der Waals surface area (Å²) >= 11 is 4.49. The van der Waals surface area contributed by atoms with Gasteiger partial charge in [-0.1, -0.05) is 12.2 Å². The zero-order valence-corrected chi connectivity index (χ0v) is 11.1. The summed E-state index contributed by atoms with van der Waals surface area (Å²) in [6, 6.07) is 0. The molecule has 1 aliphatic rings. The zero-order valence-electron chi connectivity index (χ0n) is 10.3. The van der Waals surface area contributed by atoms with Gasteiger partial charge in [0.05, 0.1) is 11.1 Å². The van der Waals surface area contributed by atoms with Gasteiger partial charge >= 0.3 is 6.18 Å². The van der Waals surface area contributed by atoms with Crippen molar-refractivity contribution in [3.8, 4) is 0 Å². The highest BCUT2D eigenvalue weighted by Gasteiger charge is 2.43. The lowest BCUT2D eigenvalue weighted by atomic mass is 9.91. The van der Waals surface area contributed by atoms with Crippen molar-refractivity contribution >= 4 is 17.2 Å². The monoisotopic (exact) mass is 284 g/mol. The number of nitrogens with zero attached hydrogens (tertiary/aromatic N) is 1. The molecule has 2 unspecified atom stereocenters. The van der Waals surface area contributed by atoms with Crippen LogP contribution in [0, 0.1) is 11.8 Å². The van der Waals surface area contributed by atoms with E-state index in [1.54, 1.807) is 11.8 Å². The lowest BCUT2D eigenvalue weighted by Crippen LogP contribution is -2.46. The fourth-order valence-electron chi connectivity index (χ4n) is 2.23. The van der Waals surface area contributed by atoms with E-state index in [1.807, 2.05) is 0 Å². The number of alkyl halides is 3. The molecule has 106 valence electrons. The molecule has 1 rings (SSSR count). The van der Waals surface area contributed by atoms with Crippen LogP contribution >= 0.6 is 12.2 Å². The lowest BCUT2D eigenvalue weighted by molar-refractivity contribution is -0.160. The van der Waals surface area contributed by atoms with E-state index in [1.165, 1.54) is 0 Å². The van der Waals surface area contributed by atoms with Crippen LogP contribution in [0.4, 0.5) is 13.2 Å². The molecule has 1 fully saturated rings. The van der Waals surface area contributed by atoms with Crippen LogP contribution in [-0.4, -0.2) is 46.9 Å². The van der Waals surface area contributed by atoms with Gasteiger partial charge in [-0.2, -0.15) is 13.2 Å². The van der Waals surface area contributed by atoms with Gasteiger partial charge in [0.15, 0.2) is 0 Å². The molecule has 2 atom stereocenters. The highest BCUT2D eigenvalue weighted by Crippen LogP contribution is 2.29. The topological polar surface area (TPSA) is 49.5 Å². The van der Waals surface area contributed by atoms with Crippen LogP contribution in [0.5, 0.6) is 0 Å². The number of aliphatic hydroxyl groups is 1. The molecule has 0 bridgehead atoms. The van der Waals surface area contributed by atoms with Crippen LogP contribution in [0.3, 0.4) is 0 Å². The third kappa shape index (κ3) is 4.37. The summed E-state index contributed by atoms with van der Waals surface area (Å²) in [5.41, 5.74) is 5.16. The molecular formula is C11H19F3N2OS. The number of thiocarbonyl (C=S) groups is 1. The minimum absolute atomic E-state index is 0.175. The summed E-state index contributed by atoms with van der Waals surface area (Å²) in [5, 5.41) is 9.42. The van der Waals surface area contributed by atoms with Crippen LogP contribution in [0.2, 0.25) is 0 Å². The first-order chi connectivity index (χ1) is 8.21. The first-order valence-corrected chi connectivity index (χ1v) is 6.39. The normalized spacial score (nSPS) is 22.7. The predicted molar refractivity (Wildman–Crippen MR) is 67.2 cm³/mol. The van der Waals surface area contributed by atoms with Crippen LogP contribution in [0.15, 0.2) is 0 Å². The van der Waals surface area contributed by atoms with E-state index >= 15 is 0 Å². The summed E-state index contributed by atoms with van der Waals surface area (Å²) in [5.74, 6) is -1.56. The summed E-state index contributed by atoms with van der Waals surface area (Å²) in [6.07, 6.45) is -3.37. The summed E-state index contributed by atoms with van der Waals surface area (Å²) < 4.78 is 38.1. The van der Waals surface area contributed by atoms with Crippen molar-refractivity contribution in [3.05, 3.63) is 0 Å². The summed E-state index contributed by atoms with van der Waals surface area (Å²) in [4.78, 5) is 1.22. The lowest BCUT2D eigenvalue weighted by Gasteiger charge is -2.35. The van der Waals surface area contributed by atoms with Gasteiger partial charge in [0.2, 0.25) is 0 Å². The Morgan fingerprint density at radius 1 is 1.44 bits per heavy atom. The van der Waals surface area contributed by atoms with Gasteiger partial charge in [0.25, 0.3) is 0 Å². The van der Waals surface area contributed by atoms with E-state index in [2.05, 4.69) is 12.2 Å². The van der Waals surface area contributed by atoms with Gasteiger partial charge < -0.3 is 15.7 Å². The highest BCUT2D eigenvalue weighted by molar-refractivity contribution is 7.80. The predicted octanol–water partition coefficient (Wildman–Crippen LogP) is 1.54. The minimum Gasteiger partial charge on any atom is -0.393 e. The van der Waals surface area contributed by atoms with Crippen molar-refractivity contribution in [1.82, 2.24) is 4.90 Å². The Morgan fingerprint density at radius 3 is 2.28 bits per heavy atom. The van der Waals surface area contributed by atoms with Gasteiger partial charge in [0, 0.05) is 6.54 Å². The zero-order chi connectivity index (χ0) is 13.9. The van der Waals surface area contributed by atoms with E-state index in [9.17, 15) is 18.3 Å². The Hall–Kier alpha value is -0.400. The number of hydrogen-bond donors (Lipinski definition) is 2. The second kappa shape index (κ2) is 6.16. The maximum atomic E-state index is 12.7. The van der Waals surface area contributed by atoms with Crippen molar-refractivity contribution in [2.24, 2.45) is 17.6 Å². The quantitative estimate of drug-likeness (QED) is 0.769. The first kappa shape index (κ1) is 15.7. The summed E-state index contributed by atoms with van der Waals surface area (Å²) in [6.45, 7) is 2.63. The molecule has 0 aromatic heterocycles. The van der Waals surface area contributed by atoms with E-state index in [4.69, 9.17) is 5.73 Å². The molecule has 1 aliphatic heterocycles. The third-order valence-corrected chi connectivity index (χ3v) is 3.78. The fourth-order valence-corrected chi connectivity index (χ4v) is 2.44. The van der Waals surface area contributed by atoms with Gasteiger partial charge in [-0.05, 0) is 38.8 Å². The number of aliphatic hydroxyl groups excluding tert-OH is 1. The van der Waals surface area contributed by atoms with Crippen LogP contribution in [-0.2, 0) is 0 Å². The number of halogens is 3. The molecule has 0 aromatic carbocycles. The number of piperidine rings is 1. The second-order valence-electron chi connectivity index (χ2n) is 4.88. The molecular weight excluding hydrogens is 265 g/mol. The maximum absolute atomic E-state index is 12.7. The average Bonchev–Trinajstić information content (AvgIpc) is 2.24. The molecule has 3 nitrogen and oxygen atoms in total. The number of likely N-dealkylation sites (tertiary alicyclic amines) is 1. The van der Waals surface area contributed by atoms with Crippen molar-refractivity contribution in [2.75, 3.05) is 19.6 Å². The fraction of sp³-hybridized carbons (Fsp3) is 0.909. The molecule has 18 heavy (non-hydrogen) atoms. The van der Waals surface area contributed by atoms with Crippen LogP contribution in [0.1, 0.15) is 19.8 Å². The summed E-state index contributed by atoms with van der Waals surface area (Å²) in [7, 11) is 0. The minimum atomic E-state index is -4.38. The first-order valence-electron chi connectivity index (χ1n) is 5.98. The largest absolute Gasteiger partial charge is 0.399 e. The third-order valence-electron chi connectivity index (χ3n) is 3.49. The Kier molecular flexibility index (Phi) is 5.36. The van der Waals surface area contributed by atoms with Gasteiger partial charge in [0.1, 0.15) is 5.92 Å². The smallest absolute Gasteiger partial charge is 0.393 e. The van der Waals surface area contributed by atoms with Crippen molar-refractivity contribution in [3.63, 3.8) is 0 Å². The number of nitrogens with two attached hydrogens (primary N) is 1. The average molecular weight is 284 g/mol. The molecule has 0 radical (unpaired) electrons. The molecule has 3 N–H and O–H groups in total. The van der Waals surface area contributed by atoms with Gasteiger partial charge in [-0.25, -0.2) is 0 Å². The molecule has 0 amide bonds. The highest BCUT2D eigenvalue weighted by atomic mass is 32.1. The van der Waals surface area contributed by atoms with E-state index in [0.717, 1.165) is 0 Å².